The van der Waals surface area contributed by atoms with E-state index >= 15 is 0 Å². The van der Waals surface area contributed by atoms with Crippen LogP contribution in [0, 0.1) is 11.8 Å². The summed E-state index contributed by atoms with van der Waals surface area (Å²) in [5.41, 5.74) is 0. The molecule has 0 aliphatic rings. The molecule has 0 aromatic carbocycles. The minimum atomic E-state index is 0.170. The van der Waals surface area contributed by atoms with Crippen molar-refractivity contribution in [3.8, 4) is 0 Å². The second-order valence-electron chi connectivity index (χ2n) is 6.09. The molecule has 0 radical (unpaired) electrons. The Hall–Kier alpha value is -0.860. The van der Waals surface area contributed by atoms with Crippen LogP contribution in [0.2, 0.25) is 0 Å². The molecule has 0 aliphatic heterocycles. The van der Waals surface area contributed by atoms with E-state index in [9.17, 15) is 9.59 Å². The molecule has 1 N–H and O–H groups in total. The van der Waals surface area contributed by atoms with Crippen LogP contribution in [0.3, 0.4) is 0 Å². The third-order valence-electron chi connectivity index (χ3n) is 3.18. The third kappa shape index (κ3) is 17.1. The number of Topliss-reactive ketones (excluding diaryl/α,β-unsaturated/α-hetero) is 1. The van der Waals surface area contributed by atoms with Gasteiger partial charge in [-0.3, -0.25) is 9.59 Å². The molecule has 0 atom stereocenters. The molecule has 0 saturated carbocycles. The van der Waals surface area contributed by atoms with Gasteiger partial charge in [0.2, 0.25) is 5.91 Å². The second kappa shape index (κ2) is 15.5. The highest BCUT2D eigenvalue weighted by atomic mass is 16.1. The summed E-state index contributed by atoms with van der Waals surface area (Å²) in [5.74, 6) is 1.23. The molecule has 0 aromatic heterocycles. The van der Waals surface area contributed by atoms with Gasteiger partial charge in [0.15, 0.2) is 0 Å². The molecule has 0 bridgehead atoms. The van der Waals surface area contributed by atoms with Gasteiger partial charge < -0.3 is 5.32 Å². The van der Waals surface area contributed by atoms with Crippen LogP contribution >= 0.6 is 0 Å². The van der Waals surface area contributed by atoms with Crippen molar-refractivity contribution < 1.29 is 9.59 Å². The Morgan fingerprint density at radius 3 is 1.76 bits per heavy atom. The van der Waals surface area contributed by atoms with Crippen molar-refractivity contribution in [1.82, 2.24) is 5.32 Å². The van der Waals surface area contributed by atoms with Gasteiger partial charge in [-0.05, 0) is 18.8 Å². The Labute approximate surface area is 132 Å². The molecule has 0 aliphatic carbocycles. The highest BCUT2D eigenvalue weighted by Gasteiger charge is 2.06. The first-order valence-corrected chi connectivity index (χ1v) is 8.73. The van der Waals surface area contributed by atoms with Crippen LogP contribution in [-0.2, 0) is 9.59 Å². The van der Waals surface area contributed by atoms with E-state index in [2.05, 4.69) is 19.2 Å². The van der Waals surface area contributed by atoms with E-state index in [1.807, 2.05) is 27.7 Å². The summed E-state index contributed by atoms with van der Waals surface area (Å²) < 4.78 is 0. The lowest BCUT2D eigenvalue weighted by atomic mass is 10.0. The Balaban J connectivity index is 0. The molecule has 0 fully saturated rings. The first-order valence-electron chi connectivity index (χ1n) is 8.73. The minimum Gasteiger partial charge on any atom is -0.356 e. The Morgan fingerprint density at radius 1 is 0.810 bits per heavy atom. The van der Waals surface area contributed by atoms with Crippen LogP contribution in [0.4, 0.5) is 0 Å². The van der Waals surface area contributed by atoms with E-state index in [1.54, 1.807) is 0 Å². The van der Waals surface area contributed by atoms with Gasteiger partial charge in [-0.1, -0.05) is 60.8 Å². The van der Waals surface area contributed by atoms with Crippen LogP contribution < -0.4 is 5.32 Å². The van der Waals surface area contributed by atoms with Crippen LogP contribution in [0.1, 0.15) is 86.5 Å². The number of amides is 1. The quantitative estimate of drug-likeness (QED) is 0.560. The maximum absolute atomic E-state index is 11.4. The summed E-state index contributed by atoms with van der Waals surface area (Å²) in [7, 11) is 0. The van der Waals surface area contributed by atoms with Crippen molar-refractivity contribution in [3.05, 3.63) is 0 Å². The lowest BCUT2D eigenvalue weighted by molar-refractivity contribution is -0.122. The number of carbonyl (C=O) groups is 2. The van der Waals surface area contributed by atoms with Gasteiger partial charge in [-0.2, -0.15) is 0 Å². The van der Waals surface area contributed by atoms with Gasteiger partial charge in [0.1, 0.15) is 5.78 Å². The molecule has 21 heavy (non-hydrogen) atoms. The summed E-state index contributed by atoms with van der Waals surface area (Å²) in [6, 6.07) is 0. The maximum Gasteiger partial charge on any atom is 0.220 e. The van der Waals surface area contributed by atoms with Gasteiger partial charge in [-0.15, -0.1) is 0 Å². The number of nitrogens with one attached hydrogen (secondary N) is 1. The number of hydrogen-bond donors (Lipinski definition) is 1. The Kier molecular flexibility index (Phi) is 16.6. The fourth-order valence-electron chi connectivity index (χ4n) is 1.81. The topological polar surface area (TPSA) is 46.2 Å². The summed E-state index contributed by atoms with van der Waals surface area (Å²) in [4.78, 5) is 22.8. The monoisotopic (exact) mass is 299 g/mol. The molecule has 1 amide bonds. The average Bonchev–Trinajstić information content (AvgIpc) is 2.45. The smallest absolute Gasteiger partial charge is 0.220 e. The lowest BCUT2D eigenvalue weighted by Crippen LogP contribution is -2.26. The zero-order valence-corrected chi connectivity index (χ0v) is 15.1. The van der Waals surface area contributed by atoms with E-state index in [-0.39, 0.29) is 11.8 Å². The molecule has 0 heterocycles. The zero-order chi connectivity index (χ0) is 16.7. The minimum absolute atomic E-state index is 0.170. The molecule has 3 nitrogen and oxygen atoms in total. The van der Waals surface area contributed by atoms with Crippen molar-refractivity contribution in [2.45, 2.75) is 86.5 Å². The second-order valence-corrected chi connectivity index (χ2v) is 6.09. The zero-order valence-electron chi connectivity index (χ0n) is 15.1. The lowest BCUT2D eigenvalue weighted by Gasteiger charge is -2.07. The normalized spacial score (nSPS) is 10.3. The summed E-state index contributed by atoms with van der Waals surface area (Å²) in [6.45, 7) is 12.9. The highest BCUT2D eigenvalue weighted by molar-refractivity contribution is 5.80. The number of carbonyl (C=O) groups excluding carboxylic acids is 2. The fraction of sp³-hybridized carbons (Fsp3) is 0.889. The van der Waals surface area contributed by atoms with E-state index in [0.29, 0.717) is 24.5 Å². The maximum atomic E-state index is 11.4. The number of ketones is 1. The van der Waals surface area contributed by atoms with Crippen LogP contribution in [-0.4, -0.2) is 18.2 Å². The van der Waals surface area contributed by atoms with E-state index < -0.39 is 0 Å². The summed E-state index contributed by atoms with van der Waals surface area (Å²) >= 11 is 0. The molecule has 3 heteroatoms. The largest absolute Gasteiger partial charge is 0.356 e. The summed E-state index contributed by atoms with van der Waals surface area (Å²) in [6.07, 6.45) is 6.63. The average molecular weight is 299 g/mol. The van der Waals surface area contributed by atoms with Crippen LogP contribution in [0.15, 0.2) is 0 Å². The van der Waals surface area contributed by atoms with Gasteiger partial charge in [-0.25, -0.2) is 0 Å². The van der Waals surface area contributed by atoms with Crippen molar-refractivity contribution in [3.63, 3.8) is 0 Å². The molecule has 126 valence electrons. The van der Waals surface area contributed by atoms with E-state index in [1.165, 1.54) is 0 Å². The number of rotatable bonds is 11. The van der Waals surface area contributed by atoms with Gasteiger partial charge in [0, 0.05) is 25.3 Å². The highest BCUT2D eigenvalue weighted by Crippen LogP contribution is 2.09. The van der Waals surface area contributed by atoms with Crippen LogP contribution in [0.5, 0.6) is 0 Å². The molecular formula is C18H37NO2. The van der Waals surface area contributed by atoms with E-state index in [0.717, 1.165) is 38.6 Å². The molecule has 0 saturated heterocycles. The van der Waals surface area contributed by atoms with Gasteiger partial charge >= 0.3 is 0 Å². The van der Waals surface area contributed by atoms with E-state index in [4.69, 9.17) is 0 Å². The van der Waals surface area contributed by atoms with Crippen molar-refractivity contribution in [1.29, 1.82) is 0 Å². The molecule has 0 aromatic rings. The molecular weight excluding hydrogens is 262 g/mol. The molecule has 0 rings (SSSR count). The van der Waals surface area contributed by atoms with Crippen molar-refractivity contribution in [2.24, 2.45) is 11.8 Å². The standard InChI is InChI=1S/C16H31NO2.C2H6/c1-13(2)12-17-16(19)11-9-7-5-6-8-10-15(18)14(3)4;1-2/h13-14H,5-12H2,1-4H3,(H,17,19);1-2H3. The number of hydrogen-bond acceptors (Lipinski definition) is 2. The van der Waals surface area contributed by atoms with Crippen molar-refractivity contribution >= 4 is 11.7 Å². The predicted octanol–water partition coefficient (Wildman–Crippen LogP) is 4.74. The first kappa shape index (κ1) is 22.4. The fourth-order valence-corrected chi connectivity index (χ4v) is 1.81. The third-order valence-corrected chi connectivity index (χ3v) is 3.18. The Bertz CT molecular complexity index is 260. The molecule has 0 spiro atoms. The Morgan fingerprint density at radius 2 is 1.29 bits per heavy atom. The molecule has 0 unspecified atom stereocenters. The number of unbranched alkanes of at least 4 members (excludes halogenated alkanes) is 4. The first-order chi connectivity index (χ1) is 9.93. The SMILES string of the molecule is CC.CC(C)CNC(=O)CCCCCCCC(=O)C(C)C. The van der Waals surface area contributed by atoms with Crippen molar-refractivity contribution in [2.75, 3.05) is 6.54 Å². The van der Waals surface area contributed by atoms with Gasteiger partial charge in [0.25, 0.3) is 0 Å². The predicted molar refractivity (Wildman–Crippen MR) is 91.4 cm³/mol. The van der Waals surface area contributed by atoms with Crippen LogP contribution in [0.25, 0.3) is 0 Å². The summed E-state index contributed by atoms with van der Waals surface area (Å²) in [5, 5.41) is 2.93. The van der Waals surface area contributed by atoms with Gasteiger partial charge in [0.05, 0.1) is 0 Å².